The van der Waals surface area contributed by atoms with Gasteiger partial charge in [-0.15, -0.1) is 6.58 Å². The van der Waals surface area contributed by atoms with Crippen molar-refractivity contribution in [1.29, 1.82) is 0 Å². The van der Waals surface area contributed by atoms with Crippen LogP contribution in [0.15, 0.2) is 65.9 Å². The van der Waals surface area contributed by atoms with E-state index in [2.05, 4.69) is 23.7 Å². The summed E-state index contributed by atoms with van der Waals surface area (Å²) in [6.45, 7) is 9.21. The van der Waals surface area contributed by atoms with E-state index in [4.69, 9.17) is 24.2 Å². The molecule has 0 unspecified atom stereocenters. The van der Waals surface area contributed by atoms with E-state index >= 15 is 0 Å². The molecule has 0 bridgehead atoms. The van der Waals surface area contributed by atoms with Gasteiger partial charge in [-0.1, -0.05) is 61.9 Å². The van der Waals surface area contributed by atoms with E-state index in [1.54, 1.807) is 6.08 Å². The van der Waals surface area contributed by atoms with E-state index in [9.17, 15) is 15.0 Å². The number of aliphatic hydroxyl groups excluding tert-OH is 2. The monoisotopic (exact) mass is 757 g/mol. The third-order valence-electron chi connectivity index (χ3n) is 12.4. The lowest BCUT2D eigenvalue weighted by Crippen LogP contribution is -2.69. The molecule has 0 saturated heterocycles. The molecule has 0 radical (unpaired) electrons. The highest BCUT2D eigenvalue weighted by atomic mass is 16.7. The molecule has 2 N–H and O–H groups in total. The number of carbonyl (C=O) groups excluding carboxylic acids is 1. The fourth-order valence-electron chi connectivity index (χ4n) is 9.77. The van der Waals surface area contributed by atoms with Crippen LogP contribution < -0.4 is 9.47 Å². The van der Waals surface area contributed by atoms with Crippen LogP contribution in [0.1, 0.15) is 113 Å². The maximum atomic E-state index is 14.2. The first kappa shape index (κ1) is 40.9. The fraction of sp³-hybridized carbons (Fsp3) is 0.622. The molecule has 1 aliphatic heterocycles. The number of ether oxygens (including phenoxy) is 3. The second-order valence-corrected chi connectivity index (χ2v) is 15.9. The third kappa shape index (κ3) is 9.29. The van der Waals surface area contributed by atoms with Crippen molar-refractivity contribution >= 4 is 11.6 Å². The summed E-state index contributed by atoms with van der Waals surface area (Å²) >= 11 is 0. The molecule has 1 amide bonds. The molecule has 1 aromatic heterocycles. The fourth-order valence-corrected chi connectivity index (χ4v) is 9.77. The Kier molecular flexibility index (Phi) is 14.4. The van der Waals surface area contributed by atoms with Gasteiger partial charge < -0.3 is 34.2 Å². The standard InChI is InChI=1S/C45H63N3O7/c1-5-26-53-45-41(48(4)42(51)23-20-32-15-7-8-16-32)29-39(47-54-6-2)37-27-33(17-9-11-24-49)36(19-10-12-25-50)43(44(37)45)38-28-35(21-22-40(38)55-45)52-30-34-18-13-14-31(3)46-34/h5,13-14,18,21-22,27-28,32-33,36,41,43-44,49-50H,1,6-12,15-17,19-20,23-26,29-30H2,2-4H3/t33-,36+,41-,43+,44+,45+/m0/s1. The van der Waals surface area contributed by atoms with Crippen LogP contribution in [0.3, 0.4) is 0 Å². The average molecular weight is 758 g/mol. The minimum absolute atomic E-state index is 0.0818. The first-order valence-corrected chi connectivity index (χ1v) is 20.8. The molecule has 2 aromatic rings. The predicted octanol–water partition coefficient (Wildman–Crippen LogP) is 8.05. The van der Waals surface area contributed by atoms with Crippen molar-refractivity contribution in [3.05, 3.63) is 77.7 Å². The van der Waals surface area contributed by atoms with Crippen molar-refractivity contribution in [3.8, 4) is 11.5 Å². The molecule has 4 aliphatic rings. The average Bonchev–Trinajstić information content (AvgIpc) is 3.72. The van der Waals surface area contributed by atoms with Gasteiger partial charge in [-0.25, -0.2) is 0 Å². The minimum atomic E-state index is -1.24. The van der Waals surface area contributed by atoms with Crippen molar-refractivity contribution in [2.45, 2.75) is 122 Å². The summed E-state index contributed by atoms with van der Waals surface area (Å²) in [5, 5.41) is 24.5. The van der Waals surface area contributed by atoms with Crippen molar-refractivity contribution < 1.29 is 34.1 Å². The number of benzene rings is 1. The van der Waals surface area contributed by atoms with E-state index in [0.29, 0.717) is 38.4 Å². The first-order valence-electron chi connectivity index (χ1n) is 20.8. The van der Waals surface area contributed by atoms with E-state index in [-0.39, 0.29) is 49.4 Å². The number of unbranched alkanes of at least 4 members (excludes halogenated alkanes) is 2. The van der Waals surface area contributed by atoms with Crippen molar-refractivity contribution in [2.75, 3.05) is 33.5 Å². The zero-order chi connectivity index (χ0) is 38.8. The molecule has 6 atom stereocenters. The Morgan fingerprint density at radius 3 is 2.60 bits per heavy atom. The molecule has 300 valence electrons. The van der Waals surface area contributed by atoms with E-state index in [1.165, 1.54) is 25.7 Å². The summed E-state index contributed by atoms with van der Waals surface area (Å²) in [5.74, 6) is 0.780. The molecular weight excluding hydrogens is 695 g/mol. The van der Waals surface area contributed by atoms with Crippen LogP contribution in [-0.2, 0) is 21.0 Å². The third-order valence-corrected chi connectivity index (χ3v) is 12.4. The Morgan fingerprint density at radius 2 is 1.87 bits per heavy atom. The molecule has 1 aromatic carbocycles. The molecule has 2 fully saturated rings. The second-order valence-electron chi connectivity index (χ2n) is 15.9. The Bertz CT molecular complexity index is 1650. The molecule has 10 heteroatoms. The van der Waals surface area contributed by atoms with Gasteiger partial charge in [0, 0.05) is 50.3 Å². The van der Waals surface area contributed by atoms with Gasteiger partial charge >= 0.3 is 0 Å². The lowest BCUT2D eigenvalue weighted by Gasteiger charge is -2.59. The molecule has 3 aliphatic carbocycles. The number of nitrogens with zero attached hydrogens (tertiary/aromatic N) is 3. The number of carbonyl (C=O) groups is 1. The van der Waals surface area contributed by atoms with Gasteiger partial charge in [-0.3, -0.25) is 9.78 Å². The molecule has 6 rings (SSSR count). The predicted molar refractivity (Wildman–Crippen MR) is 214 cm³/mol. The largest absolute Gasteiger partial charge is 0.487 e. The van der Waals surface area contributed by atoms with Gasteiger partial charge in [-0.05, 0) is 99.6 Å². The SMILES string of the molecule is C=CCO[C@@]12Oc3ccc(OCc4cccc(C)n4)cc3[C@H]3[C@H](CCCCO)[C@@H](CCCCO)C=C(C(=NOCC)C[C@@H]1N(C)C(=O)CCC1CCCC1)[C@H]32. The number of fused-ring (bicyclic) bond motifs is 2. The summed E-state index contributed by atoms with van der Waals surface area (Å²) in [6, 6.07) is 11.5. The van der Waals surface area contributed by atoms with Crippen molar-refractivity contribution in [3.63, 3.8) is 0 Å². The van der Waals surface area contributed by atoms with Crippen LogP contribution in [0, 0.1) is 30.6 Å². The smallest absolute Gasteiger partial charge is 0.239 e. The molecular formula is C45H63N3O7. The number of pyridine rings is 1. The van der Waals surface area contributed by atoms with Gasteiger partial charge in [0.05, 0.1) is 23.9 Å². The van der Waals surface area contributed by atoms with Crippen LogP contribution in [0.25, 0.3) is 0 Å². The second kappa shape index (κ2) is 19.4. The molecule has 55 heavy (non-hydrogen) atoms. The van der Waals surface area contributed by atoms with Crippen LogP contribution >= 0.6 is 0 Å². The quantitative estimate of drug-likeness (QED) is 0.0791. The number of hydrogen-bond donors (Lipinski definition) is 2. The number of allylic oxidation sites excluding steroid dienone is 1. The van der Waals surface area contributed by atoms with E-state index in [0.717, 1.165) is 78.3 Å². The Morgan fingerprint density at radius 1 is 1.09 bits per heavy atom. The van der Waals surface area contributed by atoms with Crippen LogP contribution in [0.5, 0.6) is 11.5 Å². The lowest BCUT2D eigenvalue weighted by molar-refractivity contribution is -0.255. The topological polar surface area (TPSA) is 123 Å². The summed E-state index contributed by atoms with van der Waals surface area (Å²) < 4.78 is 20.7. The molecule has 2 heterocycles. The van der Waals surface area contributed by atoms with Gasteiger partial charge in [0.15, 0.2) is 0 Å². The van der Waals surface area contributed by atoms with Crippen molar-refractivity contribution in [2.24, 2.45) is 28.8 Å². The van der Waals surface area contributed by atoms with Crippen LogP contribution in [0.4, 0.5) is 0 Å². The van der Waals surface area contributed by atoms with Crippen molar-refractivity contribution in [1.82, 2.24) is 9.88 Å². The van der Waals surface area contributed by atoms with Crippen LogP contribution in [0.2, 0.25) is 0 Å². The number of hydrogen-bond acceptors (Lipinski definition) is 9. The number of aryl methyl sites for hydroxylation is 1. The van der Waals surface area contributed by atoms with E-state index < -0.39 is 11.8 Å². The summed E-state index contributed by atoms with van der Waals surface area (Å²) in [5.41, 5.74) is 4.69. The molecule has 2 saturated carbocycles. The zero-order valence-corrected chi connectivity index (χ0v) is 33.3. The Hall–Kier alpha value is -3.73. The highest BCUT2D eigenvalue weighted by Gasteiger charge is 2.65. The summed E-state index contributed by atoms with van der Waals surface area (Å²) in [6.07, 6.45) is 15.7. The Balaban J connectivity index is 1.48. The number of aliphatic hydroxyl groups is 2. The number of rotatable bonds is 20. The molecule has 0 spiro atoms. The summed E-state index contributed by atoms with van der Waals surface area (Å²) in [4.78, 5) is 26.6. The van der Waals surface area contributed by atoms with Gasteiger partial charge in [0.2, 0.25) is 11.7 Å². The van der Waals surface area contributed by atoms with Gasteiger partial charge in [-0.2, -0.15) is 0 Å². The maximum Gasteiger partial charge on any atom is 0.239 e. The highest BCUT2D eigenvalue weighted by molar-refractivity contribution is 6.03. The number of aromatic nitrogens is 1. The van der Waals surface area contributed by atoms with Gasteiger partial charge in [0.25, 0.3) is 0 Å². The normalized spacial score (nSPS) is 26.5. The maximum absolute atomic E-state index is 14.2. The molecule has 10 nitrogen and oxygen atoms in total. The lowest BCUT2D eigenvalue weighted by atomic mass is 9.55. The van der Waals surface area contributed by atoms with Crippen LogP contribution in [-0.4, -0.2) is 77.0 Å². The highest BCUT2D eigenvalue weighted by Crippen LogP contribution is 2.61. The summed E-state index contributed by atoms with van der Waals surface area (Å²) in [7, 11) is 1.90. The minimum Gasteiger partial charge on any atom is -0.487 e. The number of likely N-dealkylation sites (N-methyl/N-ethyl adjacent to an activating group) is 1. The number of oxime groups is 1. The van der Waals surface area contributed by atoms with Gasteiger partial charge in [0.1, 0.15) is 30.8 Å². The number of amides is 1. The van der Waals surface area contributed by atoms with E-state index in [1.807, 2.05) is 56.1 Å². The first-order chi connectivity index (χ1) is 26.8. The zero-order valence-electron chi connectivity index (χ0n) is 33.3. The Labute approximate surface area is 328 Å².